The molecule has 2 heterocycles. The number of fused-ring (bicyclic) bond motifs is 1. The van der Waals surface area contributed by atoms with Crippen molar-refractivity contribution < 1.29 is 4.79 Å². The van der Waals surface area contributed by atoms with Gasteiger partial charge in [0.25, 0.3) is 5.91 Å². The molecule has 146 valence electrons. The Balaban J connectivity index is 1.15. The monoisotopic (exact) mass is 402 g/mol. The van der Waals surface area contributed by atoms with E-state index < -0.39 is 0 Å². The van der Waals surface area contributed by atoms with Crippen LogP contribution in [0.3, 0.4) is 0 Å². The van der Waals surface area contributed by atoms with E-state index in [2.05, 4.69) is 47.4 Å². The highest BCUT2D eigenvalue weighted by molar-refractivity contribution is 6.30. The van der Waals surface area contributed by atoms with Crippen LogP contribution in [-0.2, 0) is 0 Å². The standard InChI is InChI=1S/C25H23ClN2O/c26-19-7-1-6-17(12-19)21-13-18-14-27(15-22(18)21)10-11-28-23-9-3-5-16-4-2-8-20(24(16)23)25(28)29/h1-9,12,18,21-22H,10-11,13-15H2. The van der Waals surface area contributed by atoms with Gasteiger partial charge in [-0.05, 0) is 59.4 Å². The zero-order valence-electron chi connectivity index (χ0n) is 16.2. The summed E-state index contributed by atoms with van der Waals surface area (Å²) in [5.74, 6) is 2.29. The van der Waals surface area contributed by atoms with Crippen molar-refractivity contribution in [3.05, 3.63) is 76.8 Å². The maximum Gasteiger partial charge on any atom is 0.259 e. The van der Waals surface area contributed by atoms with Crippen molar-refractivity contribution in [1.82, 2.24) is 4.90 Å². The molecule has 4 heteroatoms. The van der Waals surface area contributed by atoms with Crippen LogP contribution >= 0.6 is 11.6 Å². The third-order valence-electron chi connectivity index (χ3n) is 7.21. The molecule has 29 heavy (non-hydrogen) atoms. The summed E-state index contributed by atoms with van der Waals surface area (Å²) in [5.41, 5.74) is 3.31. The molecule has 0 radical (unpaired) electrons. The number of halogens is 1. The molecule has 0 aromatic heterocycles. The molecular formula is C25H23ClN2O. The number of hydrogen-bond acceptors (Lipinski definition) is 2. The van der Waals surface area contributed by atoms with Crippen molar-refractivity contribution in [2.75, 3.05) is 31.1 Å². The first-order chi connectivity index (χ1) is 14.2. The fourth-order valence-electron chi connectivity index (χ4n) is 5.74. The van der Waals surface area contributed by atoms with Gasteiger partial charge >= 0.3 is 0 Å². The molecule has 2 aliphatic heterocycles. The molecule has 0 bridgehead atoms. The van der Waals surface area contributed by atoms with Gasteiger partial charge in [0.2, 0.25) is 0 Å². The molecule has 2 fully saturated rings. The van der Waals surface area contributed by atoms with E-state index in [-0.39, 0.29) is 5.91 Å². The van der Waals surface area contributed by atoms with E-state index in [1.54, 1.807) is 0 Å². The summed E-state index contributed by atoms with van der Waals surface area (Å²) >= 11 is 6.20. The summed E-state index contributed by atoms with van der Waals surface area (Å²) in [7, 11) is 0. The fraction of sp³-hybridized carbons (Fsp3) is 0.320. The third-order valence-corrected chi connectivity index (χ3v) is 7.44. The van der Waals surface area contributed by atoms with Crippen molar-refractivity contribution in [2.24, 2.45) is 11.8 Å². The maximum atomic E-state index is 13.0. The van der Waals surface area contributed by atoms with Crippen LogP contribution in [0.5, 0.6) is 0 Å². The number of benzene rings is 3. The highest BCUT2D eigenvalue weighted by Gasteiger charge is 2.47. The van der Waals surface area contributed by atoms with Gasteiger partial charge in [0, 0.05) is 42.2 Å². The molecule has 3 aromatic carbocycles. The lowest BCUT2D eigenvalue weighted by atomic mass is 9.64. The summed E-state index contributed by atoms with van der Waals surface area (Å²) in [4.78, 5) is 17.5. The molecule has 1 saturated heterocycles. The molecule has 0 N–H and O–H groups in total. The predicted molar refractivity (Wildman–Crippen MR) is 118 cm³/mol. The average Bonchev–Trinajstić information content (AvgIpc) is 3.17. The summed E-state index contributed by atoms with van der Waals surface area (Å²) in [6.45, 7) is 3.97. The Morgan fingerprint density at radius 2 is 1.79 bits per heavy atom. The van der Waals surface area contributed by atoms with Gasteiger partial charge in [0.05, 0.1) is 5.69 Å². The van der Waals surface area contributed by atoms with E-state index in [0.29, 0.717) is 5.92 Å². The molecule has 1 saturated carbocycles. The fourth-order valence-corrected chi connectivity index (χ4v) is 5.94. The normalized spacial score (nSPS) is 25.5. The van der Waals surface area contributed by atoms with Gasteiger partial charge < -0.3 is 9.80 Å². The topological polar surface area (TPSA) is 23.6 Å². The van der Waals surface area contributed by atoms with E-state index in [0.717, 1.165) is 65.1 Å². The van der Waals surface area contributed by atoms with E-state index in [1.165, 1.54) is 12.0 Å². The maximum absolute atomic E-state index is 13.0. The van der Waals surface area contributed by atoms with Gasteiger partial charge in [0.15, 0.2) is 0 Å². The molecule has 6 rings (SSSR count). The quantitative estimate of drug-likeness (QED) is 0.599. The molecule has 1 aliphatic carbocycles. The van der Waals surface area contributed by atoms with Gasteiger partial charge in [-0.1, -0.05) is 48.0 Å². The number of hydrogen-bond donors (Lipinski definition) is 0. The molecule has 1 amide bonds. The van der Waals surface area contributed by atoms with Crippen LogP contribution in [0.2, 0.25) is 5.02 Å². The van der Waals surface area contributed by atoms with E-state index in [9.17, 15) is 4.79 Å². The van der Waals surface area contributed by atoms with Crippen LogP contribution < -0.4 is 4.90 Å². The minimum Gasteiger partial charge on any atom is -0.306 e. The Kier molecular flexibility index (Phi) is 3.97. The SMILES string of the molecule is O=C1c2cccc3cccc(c23)N1CCN1CC2CC(c3cccc(Cl)c3)C2C1. The van der Waals surface area contributed by atoms with Crippen molar-refractivity contribution >= 4 is 34.0 Å². The first-order valence-electron chi connectivity index (χ1n) is 10.5. The Labute approximate surface area is 175 Å². The lowest BCUT2D eigenvalue weighted by molar-refractivity contribution is 0.0990. The average molecular weight is 403 g/mol. The zero-order chi connectivity index (χ0) is 19.5. The first-order valence-corrected chi connectivity index (χ1v) is 10.9. The number of carbonyl (C=O) groups excluding carboxylic acids is 1. The summed E-state index contributed by atoms with van der Waals surface area (Å²) in [5, 5.41) is 3.10. The second kappa shape index (κ2) is 6.58. The third kappa shape index (κ3) is 2.72. The van der Waals surface area contributed by atoms with Gasteiger partial charge in [-0.25, -0.2) is 0 Å². The van der Waals surface area contributed by atoms with Crippen LogP contribution in [0.1, 0.15) is 28.3 Å². The van der Waals surface area contributed by atoms with Gasteiger partial charge in [-0.15, -0.1) is 0 Å². The van der Waals surface area contributed by atoms with Crippen LogP contribution in [0.25, 0.3) is 10.8 Å². The van der Waals surface area contributed by atoms with Gasteiger partial charge in [-0.2, -0.15) is 0 Å². The van der Waals surface area contributed by atoms with E-state index in [1.807, 2.05) is 23.1 Å². The Hall–Kier alpha value is -2.36. The number of likely N-dealkylation sites (tertiary alicyclic amines) is 1. The van der Waals surface area contributed by atoms with Gasteiger partial charge in [0.1, 0.15) is 0 Å². The summed E-state index contributed by atoms with van der Waals surface area (Å²) < 4.78 is 0. The first kappa shape index (κ1) is 17.5. The molecule has 3 nitrogen and oxygen atoms in total. The molecular weight excluding hydrogens is 380 g/mol. The minimum atomic E-state index is 0.149. The van der Waals surface area contributed by atoms with Gasteiger partial charge in [-0.3, -0.25) is 4.79 Å². The Morgan fingerprint density at radius 1 is 0.966 bits per heavy atom. The number of carbonyl (C=O) groups is 1. The van der Waals surface area contributed by atoms with Crippen molar-refractivity contribution in [2.45, 2.75) is 12.3 Å². The highest BCUT2D eigenvalue weighted by atomic mass is 35.5. The summed E-state index contributed by atoms with van der Waals surface area (Å²) in [6.07, 6.45) is 1.26. The predicted octanol–water partition coefficient (Wildman–Crippen LogP) is 5.19. The van der Waals surface area contributed by atoms with Crippen molar-refractivity contribution in [3.8, 4) is 0 Å². The van der Waals surface area contributed by atoms with E-state index in [4.69, 9.17) is 11.6 Å². The molecule has 0 spiro atoms. The number of nitrogens with zero attached hydrogens (tertiary/aromatic N) is 2. The van der Waals surface area contributed by atoms with Crippen molar-refractivity contribution in [1.29, 1.82) is 0 Å². The highest BCUT2D eigenvalue weighted by Crippen LogP contribution is 2.51. The lowest BCUT2D eigenvalue weighted by Crippen LogP contribution is -2.36. The zero-order valence-corrected chi connectivity index (χ0v) is 17.0. The Morgan fingerprint density at radius 3 is 2.66 bits per heavy atom. The van der Waals surface area contributed by atoms with Crippen molar-refractivity contribution in [3.63, 3.8) is 0 Å². The molecule has 3 aliphatic rings. The lowest BCUT2D eigenvalue weighted by Gasteiger charge is -2.40. The van der Waals surface area contributed by atoms with Crippen LogP contribution in [-0.4, -0.2) is 37.0 Å². The summed E-state index contributed by atoms with van der Waals surface area (Å²) in [6, 6.07) is 20.6. The largest absolute Gasteiger partial charge is 0.306 e. The minimum absolute atomic E-state index is 0.149. The van der Waals surface area contributed by atoms with Crippen LogP contribution in [0.15, 0.2) is 60.7 Å². The second-order valence-electron chi connectivity index (χ2n) is 8.72. The number of rotatable bonds is 4. The molecule has 3 atom stereocenters. The van der Waals surface area contributed by atoms with Crippen LogP contribution in [0.4, 0.5) is 5.69 Å². The number of anilines is 1. The smallest absolute Gasteiger partial charge is 0.259 e. The van der Waals surface area contributed by atoms with Crippen LogP contribution in [0, 0.1) is 11.8 Å². The Bertz CT molecular complexity index is 1120. The molecule has 3 aromatic rings. The number of amides is 1. The second-order valence-corrected chi connectivity index (χ2v) is 9.15. The van der Waals surface area contributed by atoms with E-state index >= 15 is 0 Å². The molecule has 3 unspecified atom stereocenters.